The van der Waals surface area contributed by atoms with Crippen molar-refractivity contribution in [1.82, 2.24) is 4.98 Å². The second-order valence-corrected chi connectivity index (χ2v) is 9.15. The number of hydrogen-bond donors (Lipinski definition) is 2. The molecule has 5 heteroatoms. The Morgan fingerprint density at radius 2 is 1.77 bits per heavy atom. The summed E-state index contributed by atoms with van der Waals surface area (Å²) in [6.45, 7) is 0. The molecule has 2 aromatic heterocycles. The van der Waals surface area contributed by atoms with Gasteiger partial charge >= 0.3 is 0 Å². The quantitative estimate of drug-likeness (QED) is 0.391. The Morgan fingerprint density at radius 3 is 2.52 bits per heavy atom. The van der Waals surface area contributed by atoms with Crippen LogP contribution < -0.4 is 11.1 Å². The number of fused-ring (bicyclic) bond motifs is 1. The average molecular weight is 428 g/mol. The van der Waals surface area contributed by atoms with Crippen LogP contribution in [0.25, 0.3) is 22.0 Å². The van der Waals surface area contributed by atoms with Gasteiger partial charge in [0.1, 0.15) is 0 Å². The smallest absolute Gasteiger partial charge is 0.206 e. The Morgan fingerprint density at radius 1 is 0.968 bits per heavy atom. The normalized spacial score (nSPS) is 18.7. The van der Waals surface area contributed by atoms with E-state index in [0.717, 1.165) is 58.3 Å². The summed E-state index contributed by atoms with van der Waals surface area (Å²) in [5, 5.41) is 6.64. The van der Waals surface area contributed by atoms with Crippen LogP contribution in [-0.4, -0.2) is 22.9 Å². The maximum absolute atomic E-state index is 13.3. The van der Waals surface area contributed by atoms with Crippen molar-refractivity contribution >= 4 is 33.7 Å². The molecule has 0 aliphatic heterocycles. The number of hydrogen-bond acceptors (Lipinski definition) is 5. The Kier molecular flexibility index (Phi) is 5.53. The van der Waals surface area contributed by atoms with E-state index >= 15 is 0 Å². The third kappa shape index (κ3) is 4.11. The van der Waals surface area contributed by atoms with E-state index in [1.54, 1.807) is 6.20 Å². The maximum Gasteiger partial charge on any atom is 0.206 e. The minimum Gasteiger partial charge on any atom is -0.381 e. The number of benzene rings is 2. The topological polar surface area (TPSA) is 68.0 Å². The zero-order chi connectivity index (χ0) is 21.2. The monoisotopic (exact) mass is 427 g/mol. The van der Waals surface area contributed by atoms with Crippen LogP contribution in [0.1, 0.15) is 40.9 Å². The fourth-order valence-electron chi connectivity index (χ4n) is 4.34. The number of thiophene rings is 1. The van der Waals surface area contributed by atoms with Crippen LogP contribution in [-0.2, 0) is 0 Å². The summed E-state index contributed by atoms with van der Waals surface area (Å²) in [5.74, 6) is 0.0181. The van der Waals surface area contributed by atoms with E-state index < -0.39 is 0 Å². The molecule has 1 saturated carbocycles. The summed E-state index contributed by atoms with van der Waals surface area (Å²) in [7, 11) is 0. The van der Waals surface area contributed by atoms with Crippen molar-refractivity contribution in [3.8, 4) is 11.1 Å². The van der Waals surface area contributed by atoms with Crippen molar-refractivity contribution in [2.45, 2.75) is 37.8 Å². The lowest BCUT2D eigenvalue weighted by Crippen LogP contribution is -2.33. The molecule has 0 radical (unpaired) electrons. The van der Waals surface area contributed by atoms with Crippen LogP contribution >= 0.6 is 11.3 Å². The molecule has 2 aromatic carbocycles. The van der Waals surface area contributed by atoms with Crippen LogP contribution in [0.5, 0.6) is 0 Å². The third-order valence-corrected chi connectivity index (χ3v) is 6.95. The molecule has 2 heterocycles. The van der Waals surface area contributed by atoms with E-state index in [1.807, 2.05) is 41.8 Å². The van der Waals surface area contributed by atoms with Crippen molar-refractivity contribution in [2.75, 3.05) is 5.32 Å². The number of anilines is 1. The van der Waals surface area contributed by atoms with E-state index in [4.69, 9.17) is 5.73 Å². The first-order valence-corrected chi connectivity index (χ1v) is 11.7. The molecule has 1 aliphatic rings. The molecule has 5 rings (SSSR count). The molecule has 1 aliphatic carbocycles. The highest BCUT2D eigenvalue weighted by Gasteiger charge is 2.23. The number of carbonyl (C=O) groups excluding carboxylic acids is 1. The Balaban J connectivity index is 1.63. The predicted molar refractivity (Wildman–Crippen MR) is 129 cm³/mol. The van der Waals surface area contributed by atoms with Gasteiger partial charge in [-0.2, -0.15) is 0 Å². The zero-order valence-corrected chi connectivity index (χ0v) is 18.1. The number of pyridine rings is 1. The van der Waals surface area contributed by atoms with Gasteiger partial charge in [0.25, 0.3) is 0 Å². The van der Waals surface area contributed by atoms with E-state index in [-0.39, 0.29) is 11.8 Å². The van der Waals surface area contributed by atoms with Crippen molar-refractivity contribution in [1.29, 1.82) is 0 Å². The summed E-state index contributed by atoms with van der Waals surface area (Å²) in [5.41, 5.74) is 10.8. The molecule has 0 spiro atoms. The second-order valence-electron chi connectivity index (χ2n) is 8.21. The second kappa shape index (κ2) is 8.61. The minimum atomic E-state index is 0.0181. The van der Waals surface area contributed by atoms with Crippen LogP contribution in [0.4, 0.5) is 5.69 Å². The van der Waals surface area contributed by atoms with E-state index in [1.165, 1.54) is 11.3 Å². The number of aromatic nitrogens is 1. The highest BCUT2D eigenvalue weighted by atomic mass is 32.1. The number of rotatable bonds is 5. The molecule has 31 heavy (non-hydrogen) atoms. The van der Waals surface area contributed by atoms with Gasteiger partial charge in [0.05, 0.1) is 21.6 Å². The van der Waals surface area contributed by atoms with Gasteiger partial charge in [-0.15, -0.1) is 11.3 Å². The predicted octanol–water partition coefficient (Wildman–Crippen LogP) is 5.88. The molecule has 1 fully saturated rings. The number of carbonyl (C=O) groups is 1. The molecule has 0 saturated heterocycles. The molecule has 0 unspecified atom stereocenters. The zero-order valence-electron chi connectivity index (χ0n) is 17.3. The molecule has 0 bridgehead atoms. The van der Waals surface area contributed by atoms with Crippen molar-refractivity contribution < 1.29 is 4.79 Å². The highest BCUT2D eigenvalue weighted by molar-refractivity contribution is 7.12. The first-order chi connectivity index (χ1) is 15.2. The lowest BCUT2D eigenvalue weighted by molar-refractivity contribution is 0.104. The Bertz CT molecular complexity index is 1200. The SMILES string of the molecule is NC1CCC(Nc2c(C(=O)c3cccs3)cnc3ccc(-c4ccccc4)cc23)CC1. The van der Waals surface area contributed by atoms with Crippen molar-refractivity contribution in [3.63, 3.8) is 0 Å². The summed E-state index contributed by atoms with van der Waals surface area (Å²) >= 11 is 1.46. The largest absolute Gasteiger partial charge is 0.381 e. The fraction of sp³-hybridized carbons (Fsp3) is 0.231. The maximum atomic E-state index is 13.3. The summed E-state index contributed by atoms with van der Waals surface area (Å²) in [4.78, 5) is 18.7. The van der Waals surface area contributed by atoms with Crippen LogP contribution in [0.2, 0.25) is 0 Å². The van der Waals surface area contributed by atoms with Crippen molar-refractivity contribution in [3.05, 3.63) is 82.7 Å². The van der Waals surface area contributed by atoms with Gasteiger partial charge in [-0.25, -0.2) is 0 Å². The number of ketones is 1. The van der Waals surface area contributed by atoms with Gasteiger partial charge in [0, 0.05) is 23.7 Å². The molecule has 4 aromatic rings. The summed E-state index contributed by atoms with van der Waals surface area (Å²) < 4.78 is 0. The molecule has 3 N–H and O–H groups in total. The van der Waals surface area contributed by atoms with Gasteiger partial charge in [-0.3, -0.25) is 9.78 Å². The summed E-state index contributed by atoms with van der Waals surface area (Å²) in [6, 6.07) is 21.0. The van der Waals surface area contributed by atoms with Crippen LogP contribution in [0.15, 0.2) is 72.2 Å². The van der Waals surface area contributed by atoms with Gasteiger partial charge < -0.3 is 11.1 Å². The Hall–Kier alpha value is -3.02. The lowest BCUT2D eigenvalue weighted by atomic mass is 9.91. The van der Waals surface area contributed by atoms with E-state index in [0.29, 0.717) is 11.6 Å². The molecule has 0 atom stereocenters. The third-order valence-electron chi connectivity index (χ3n) is 6.08. The van der Waals surface area contributed by atoms with E-state index in [2.05, 4.69) is 34.6 Å². The molecular weight excluding hydrogens is 402 g/mol. The summed E-state index contributed by atoms with van der Waals surface area (Å²) in [6.07, 6.45) is 5.75. The highest BCUT2D eigenvalue weighted by Crippen LogP contribution is 2.34. The minimum absolute atomic E-state index is 0.0181. The molecule has 156 valence electrons. The fourth-order valence-corrected chi connectivity index (χ4v) is 5.02. The van der Waals surface area contributed by atoms with Gasteiger partial charge in [0.15, 0.2) is 0 Å². The van der Waals surface area contributed by atoms with Gasteiger partial charge in [-0.1, -0.05) is 42.5 Å². The Labute approximate surface area is 186 Å². The standard InChI is InChI=1S/C26H25N3OS/c27-19-9-11-20(12-10-19)29-25-21-15-18(17-5-2-1-3-6-17)8-13-23(21)28-16-22(25)26(30)24-7-4-14-31-24/h1-8,13-16,19-20H,9-12,27H2,(H,28,29). The number of nitrogens with zero attached hydrogens (tertiary/aromatic N) is 1. The number of nitrogens with two attached hydrogens (primary N) is 1. The molecular formula is C26H25N3OS. The van der Waals surface area contributed by atoms with E-state index in [9.17, 15) is 4.79 Å². The van der Waals surface area contributed by atoms with Crippen LogP contribution in [0, 0.1) is 0 Å². The first-order valence-electron chi connectivity index (χ1n) is 10.8. The molecule has 4 nitrogen and oxygen atoms in total. The van der Waals surface area contributed by atoms with Gasteiger partial charge in [0.2, 0.25) is 5.78 Å². The lowest BCUT2D eigenvalue weighted by Gasteiger charge is -2.29. The molecule has 0 amide bonds. The number of nitrogens with one attached hydrogen (secondary N) is 1. The first kappa shape index (κ1) is 19.9. The van der Waals surface area contributed by atoms with Crippen molar-refractivity contribution in [2.24, 2.45) is 5.73 Å². The van der Waals surface area contributed by atoms with Crippen LogP contribution in [0.3, 0.4) is 0 Å². The average Bonchev–Trinajstić information content (AvgIpc) is 3.36. The van der Waals surface area contributed by atoms with Gasteiger partial charge in [-0.05, 0) is 60.4 Å².